The van der Waals surface area contributed by atoms with Gasteiger partial charge in [-0.15, -0.1) is 0 Å². The second-order valence-electron chi connectivity index (χ2n) is 3.88. The van der Waals surface area contributed by atoms with E-state index in [0.717, 1.165) is 0 Å². The molecular weight excluding hydrogens is 257 g/mol. The number of benzene rings is 1. The third kappa shape index (κ3) is 5.44. The van der Waals surface area contributed by atoms with E-state index in [9.17, 15) is 18.0 Å². The Morgan fingerprint density at radius 1 is 1.42 bits per heavy atom. The van der Waals surface area contributed by atoms with Crippen molar-refractivity contribution in [2.75, 3.05) is 11.9 Å². The van der Waals surface area contributed by atoms with Gasteiger partial charge in [0, 0.05) is 11.3 Å². The molecule has 0 fully saturated rings. The van der Waals surface area contributed by atoms with Gasteiger partial charge in [-0.1, -0.05) is 11.8 Å². The first-order valence-electron chi connectivity index (χ1n) is 5.48. The molecule has 0 spiro atoms. The number of hydrogen-bond donors (Lipinski definition) is 2. The van der Waals surface area contributed by atoms with E-state index in [1.807, 2.05) is 0 Å². The molecule has 1 amide bonds. The molecular formula is C13H13F3N2O. The highest BCUT2D eigenvalue weighted by Crippen LogP contribution is 2.22. The molecule has 1 rings (SSSR count). The monoisotopic (exact) mass is 270 g/mol. The van der Waals surface area contributed by atoms with Gasteiger partial charge in [-0.05, 0) is 30.7 Å². The van der Waals surface area contributed by atoms with Crippen molar-refractivity contribution in [1.29, 1.82) is 0 Å². The highest BCUT2D eigenvalue weighted by Gasteiger charge is 2.31. The first-order chi connectivity index (χ1) is 8.81. The lowest BCUT2D eigenvalue weighted by atomic mass is 10.1. The van der Waals surface area contributed by atoms with Gasteiger partial charge in [-0.2, -0.15) is 13.2 Å². The zero-order valence-electron chi connectivity index (χ0n) is 10.3. The second kappa shape index (κ2) is 6.25. The normalized spacial score (nSPS) is 10.6. The summed E-state index contributed by atoms with van der Waals surface area (Å²) in [7, 11) is 0. The van der Waals surface area contributed by atoms with Gasteiger partial charge in [0.25, 0.3) is 0 Å². The number of nitrogens with one attached hydrogen (secondary N) is 1. The molecule has 0 saturated carbocycles. The van der Waals surface area contributed by atoms with Crippen molar-refractivity contribution in [1.82, 2.24) is 0 Å². The highest BCUT2D eigenvalue weighted by molar-refractivity contribution is 5.91. The maximum atomic E-state index is 12.0. The summed E-state index contributed by atoms with van der Waals surface area (Å²) in [6.45, 7) is 1.90. The van der Waals surface area contributed by atoms with Crippen molar-refractivity contribution < 1.29 is 18.0 Å². The van der Waals surface area contributed by atoms with Crippen molar-refractivity contribution in [3.8, 4) is 11.8 Å². The van der Waals surface area contributed by atoms with Crippen LogP contribution in [0.2, 0.25) is 0 Å². The molecule has 0 aromatic heterocycles. The van der Waals surface area contributed by atoms with Crippen LogP contribution >= 0.6 is 0 Å². The van der Waals surface area contributed by atoms with Crippen molar-refractivity contribution in [3.63, 3.8) is 0 Å². The van der Waals surface area contributed by atoms with E-state index in [0.29, 0.717) is 16.8 Å². The van der Waals surface area contributed by atoms with E-state index < -0.39 is 18.5 Å². The summed E-state index contributed by atoms with van der Waals surface area (Å²) < 4.78 is 36.1. The van der Waals surface area contributed by atoms with Crippen LogP contribution in [0.3, 0.4) is 0 Å². The quantitative estimate of drug-likeness (QED) is 0.809. The molecule has 0 radical (unpaired) electrons. The van der Waals surface area contributed by atoms with Gasteiger partial charge in [-0.3, -0.25) is 4.79 Å². The number of nitrogens with two attached hydrogens (primary N) is 1. The third-order valence-corrected chi connectivity index (χ3v) is 2.20. The van der Waals surface area contributed by atoms with Gasteiger partial charge in [-0.25, -0.2) is 0 Å². The molecule has 6 heteroatoms. The minimum atomic E-state index is -4.51. The van der Waals surface area contributed by atoms with Crippen LogP contribution in [0.4, 0.5) is 18.9 Å². The Morgan fingerprint density at radius 2 is 2.11 bits per heavy atom. The first kappa shape index (κ1) is 15.1. The van der Waals surface area contributed by atoms with Crippen LogP contribution < -0.4 is 11.1 Å². The van der Waals surface area contributed by atoms with Crippen molar-refractivity contribution in [2.45, 2.75) is 19.5 Å². The molecule has 1 aromatic carbocycles. The molecule has 0 saturated heterocycles. The fourth-order valence-corrected chi connectivity index (χ4v) is 1.41. The van der Waals surface area contributed by atoms with Crippen LogP contribution in [0.25, 0.3) is 0 Å². The predicted octanol–water partition coefficient (Wildman–Crippen LogP) is 2.20. The molecule has 3 N–H and O–H groups in total. The fourth-order valence-electron chi connectivity index (χ4n) is 1.41. The lowest BCUT2D eigenvalue weighted by Crippen LogP contribution is -2.21. The number of anilines is 1. The summed E-state index contributed by atoms with van der Waals surface area (Å²) in [6.07, 6.45) is -6.01. The fraction of sp³-hybridized carbons (Fsp3) is 0.308. The minimum Gasteiger partial charge on any atom is -0.326 e. The summed E-state index contributed by atoms with van der Waals surface area (Å²) in [6, 6.07) is 4.80. The Morgan fingerprint density at radius 3 is 2.63 bits per heavy atom. The summed E-state index contributed by atoms with van der Waals surface area (Å²) in [5.74, 6) is 4.37. The average molecular weight is 270 g/mol. The molecule has 1 aromatic rings. The topological polar surface area (TPSA) is 55.1 Å². The van der Waals surface area contributed by atoms with E-state index in [2.05, 4.69) is 17.2 Å². The zero-order chi connectivity index (χ0) is 14.5. The Balaban J connectivity index is 2.78. The summed E-state index contributed by atoms with van der Waals surface area (Å²) >= 11 is 0. The maximum Gasteiger partial charge on any atom is 0.397 e. The number of aryl methyl sites for hydroxylation is 1. The van der Waals surface area contributed by atoms with Gasteiger partial charge in [0.05, 0.1) is 6.54 Å². The van der Waals surface area contributed by atoms with E-state index >= 15 is 0 Å². The summed E-state index contributed by atoms with van der Waals surface area (Å²) in [4.78, 5) is 11.2. The van der Waals surface area contributed by atoms with Crippen LogP contribution in [-0.2, 0) is 4.79 Å². The average Bonchev–Trinajstić information content (AvgIpc) is 2.27. The van der Waals surface area contributed by atoms with E-state index in [1.165, 1.54) is 6.07 Å². The van der Waals surface area contributed by atoms with Crippen LogP contribution in [-0.4, -0.2) is 18.6 Å². The summed E-state index contributed by atoms with van der Waals surface area (Å²) in [5.41, 5.74) is 6.90. The molecule has 0 atom stereocenters. The predicted molar refractivity (Wildman–Crippen MR) is 66.4 cm³/mol. The molecule has 19 heavy (non-hydrogen) atoms. The maximum absolute atomic E-state index is 12.0. The minimum absolute atomic E-state index is 0.225. The lowest BCUT2D eigenvalue weighted by molar-refractivity contribution is -0.150. The number of alkyl halides is 3. The third-order valence-electron chi connectivity index (χ3n) is 2.20. The van der Waals surface area contributed by atoms with Crippen LogP contribution in [0.15, 0.2) is 18.2 Å². The molecule has 0 aliphatic carbocycles. The smallest absolute Gasteiger partial charge is 0.326 e. The molecule has 0 aliphatic heterocycles. The molecule has 0 bridgehead atoms. The standard InChI is InChI=1S/C13H13F3N2O/c1-9-7-10(3-2-6-17)4-5-11(9)18-12(19)8-13(14,15)16/h4-5,7H,6,8,17H2,1H3,(H,18,19). The van der Waals surface area contributed by atoms with Gasteiger partial charge >= 0.3 is 6.18 Å². The number of amides is 1. The SMILES string of the molecule is Cc1cc(C#CCN)ccc1NC(=O)CC(F)(F)F. The highest BCUT2D eigenvalue weighted by atomic mass is 19.4. The Kier molecular flexibility index (Phi) is 4.95. The Hall–Kier alpha value is -2.00. The lowest BCUT2D eigenvalue weighted by Gasteiger charge is -2.10. The molecule has 102 valence electrons. The van der Waals surface area contributed by atoms with E-state index in [4.69, 9.17) is 5.73 Å². The van der Waals surface area contributed by atoms with Gasteiger partial charge in [0.1, 0.15) is 6.42 Å². The van der Waals surface area contributed by atoms with Crippen LogP contribution in [0.1, 0.15) is 17.5 Å². The van der Waals surface area contributed by atoms with Crippen molar-refractivity contribution >= 4 is 11.6 Å². The number of carbonyl (C=O) groups is 1. The molecule has 0 unspecified atom stereocenters. The van der Waals surface area contributed by atoms with E-state index in [-0.39, 0.29) is 6.54 Å². The second-order valence-corrected chi connectivity index (χ2v) is 3.88. The van der Waals surface area contributed by atoms with Gasteiger partial charge in [0.2, 0.25) is 5.91 Å². The van der Waals surface area contributed by atoms with Crippen LogP contribution in [0.5, 0.6) is 0 Å². The van der Waals surface area contributed by atoms with Gasteiger partial charge in [0.15, 0.2) is 0 Å². The number of carbonyl (C=O) groups excluding carboxylic acids is 1. The molecule has 0 aliphatic rings. The molecule has 0 heterocycles. The van der Waals surface area contributed by atoms with Crippen molar-refractivity contribution in [3.05, 3.63) is 29.3 Å². The first-order valence-corrected chi connectivity index (χ1v) is 5.48. The van der Waals surface area contributed by atoms with Crippen molar-refractivity contribution in [2.24, 2.45) is 5.73 Å². The van der Waals surface area contributed by atoms with Crippen LogP contribution in [0, 0.1) is 18.8 Å². The Labute approximate surface area is 109 Å². The summed E-state index contributed by atoms with van der Waals surface area (Å²) in [5, 5.41) is 2.22. The Bertz CT molecular complexity index is 527. The zero-order valence-corrected chi connectivity index (χ0v) is 10.3. The number of hydrogen-bond acceptors (Lipinski definition) is 2. The number of rotatable bonds is 2. The molecule has 3 nitrogen and oxygen atoms in total. The van der Waals surface area contributed by atoms with Gasteiger partial charge < -0.3 is 11.1 Å². The largest absolute Gasteiger partial charge is 0.397 e. The number of halogens is 3. The van der Waals surface area contributed by atoms with E-state index in [1.54, 1.807) is 19.1 Å².